The Morgan fingerprint density at radius 1 is 1.46 bits per heavy atom. The van der Waals surface area contributed by atoms with E-state index in [-0.39, 0.29) is 5.82 Å². The van der Waals surface area contributed by atoms with E-state index in [0.29, 0.717) is 17.4 Å². The highest BCUT2D eigenvalue weighted by Crippen LogP contribution is 2.22. The van der Waals surface area contributed by atoms with Crippen molar-refractivity contribution < 1.29 is 4.39 Å². The summed E-state index contributed by atoms with van der Waals surface area (Å²) in [5.41, 5.74) is 7.15. The summed E-state index contributed by atoms with van der Waals surface area (Å²) in [7, 11) is 0. The molecule has 1 rings (SSSR count). The highest BCUT2D eigenvalue weighted by atomic mass is 79.9. The van der Waals surface area contributed by atoms with Crippen molar-refractivity contribution >= 4 is 15.9 Å². The summed E-state index contributed by atoms with van der Waals surface area (Å²) in [6, 6.07) is 3.65. The average Bonchev–Trinajstić information content (AvgIpc) is 2.12. The second-order valence-electron chi connectivity index (χ2n) is 3.05. The Labute approximate surface area is 86.3 Å². The lowest BCUT2D eigenvalue weighted by molar-refractivity contribution is 0.596. The predicted molar refractivity (Wildman–Crippen MR) is 56.2 cm³/mol. The molecule has 1 aromatic rings. The maximum atomic E-state index is 13.5. The van der Waals surface area contributed by atoms with E-state index in [4.69, 9.17) is 5.73 Å². The first kappa shape index (κ1) is 10.7. The summed E-state index contributed by atoms with van der Waals surface area (Å²) in [6.45, 7) is 2.52. The molecule has 2 N–H and O–H groups in total. The Morgan fingerprint density at radius 3 is 2.77 bits per heavy atom. The van der Waals surface area contributed by atoms with Crippen molar-refractivity contribution in [2.45, 2.75) is 19.8 Å². The molecule has 0 radical (unpaired) electrons. The molecule has 72 valence electrons. The molecule has 1 aromatic carbocycles. The maximum Gasteiger partial charge on any atom is 0.140 e. The van der Waals surface area contributed by atoms with Gasteiger partial charge in [0.15, 0.2) is 0 Å². The van der Waals surface area contributed by atoms with Crippen LogP contribution in [0.2, 0.25) is 0 Å². The minimum Gasteiger partial charge on any atom is -0.330 e. The lowest BCUT2D eigenvalue weighted by Crippen LogP contribution is -2.03. The summed E-state index contributed by atoms with van der Waals surface area (Å²) < 4.78 is 14.0. The third-order valence-corrected chi connectivity index (χ3v) is 2.67. The molecule has 0 atom stereocenters. The van der Waals surface area contributed by atoms with Crippen LogP contribution in [0, 0.1) is 12.7 Å². The third-order valence-electron chi connectivity index (χ3n) is 2.06. The SMILES string of the molecule is Cc1ccc(Br)c(F)c1CCCN. The molecule has 1 nitrogen and oxygen atoms in total. The Morgan fingerprint density at radius 2 is 2.15 bits per heavy atom. The van der Waals surface area contributed by atoms with Gasteiger partial charge < -0.3 is 5.73 Å². The molecule has 0 aromatic heterocycles. The topological polar surface area (TPSA) is 26.0 Å². The Kier molecular flexibility index (Phi) is 3.88. The van der Waals surface area contributed by atoms with Gasteiger partial charge in [0.25, 0.3) is 0 Å². The maximum absolute atomic E-state index is 13.5. The van der Waals surface area contributed by atoms with E-state index in [1.54, 1.807) is 6.07 Å². The van der Waals surface area contributed by atoms with Crippen LogP contribution in [-0.2, 0) is 6.42 Å². The number of hydrogen-bond acceptors (Lipinski definition) is 1. The zero-order valence-corrected chi connectivity index (χ0v) is 9.20. The zero-order valence-electron chi connectivity index (χ0n) is 7.61. The monoisotopic (exact) mass is 245 g/mol. The van der Waals surface area contributed by atoms with E-state index in [1.807, 2.05) is 13.0 Å². The molecular weight excluding hydrogens is 233 g/mol. The number of halogens is 2. The van der Waals surface area contributed by atoms with Crippen molar-refractivity contribution in [3.05, 3.63) is 33.5 Å². The molecule has 0 unspecified atom stereocenters. The van der Waals surface area contributed by atoms with Crippen LogP contribution in [0.3, 0.4) is 0 Å². The van der Waals surface area contributed by atoms with Gasteiger partial charge in [0.1, 0.15) is 5.82 Å². The smallest absolute Gasteiger partial charge is 0.140 e. The van der Waals surface area contributed by atoms with Gasteiger partial charge in [-0.05, 0) is 59.4 Å². The first-order valence-corrected chi connectivity index (χ1v) is 5.09. The minimum atomic E-state index is -0.145. The highest BCUT2D eigenvalue weighted by molar-refractivity contribution is 9.10. The summed E-state index contributed by atoms with van der Waals surface area (Å²) in [4.78, 5) is 0. The molecule has 0 amide bonds. The van der Waals surface area contributed by atoms with E-state index < -0.39 is 0 Å². The van der Waals surface area contributed by atoms with E-state index in [1.165, 1.54) is 0 Å². The highest BCUT2D eigenvalue weighted by Gasteiger charge is 2.08. The van der Waals surface area contributed by atoms with E-state index in [2.05, 4.69) is 15.9 Å². The van der Waals surface area contributed by atoms with Gasteiger partial charge in [0, 0.05) is 0 Å². The molecule has 0 aliphatic rings. The van der Waals surface area contributed by atoms with Crippen LogP contribution < -0.4 is 5.73 Å². The van der Waals surface area contributed by atoms with Gasteiger partial charge in [-0.3, -0.25) is 0 Å². The fourth-order valence-corrected chi connectivity index (χ4v) is 1.65. The van der Waals surface area contributed by atoms with Gasteiger partial charge in [0.05, 0.1) is 4.47 Å². The second-order valence-corrected chi connectivity index (χ2v) is 3.90. The van der Waals surface area contributed by atoms with E-state index >= 15 is 0 Å². The summed E-state index contributed by atoms with van der Waals surface area (Å²) in [5, 5.41) is 0. The van der Waals surface area contributed by atoms with Crippen LogP contribution >= 0.6 is 15.9 Å². The van der Waals surface area contributed by atoms with Crippen molar-refractivity contribution in [2.75, 3.05) is 6.54 Å². The van der Waals surface area contributed by atoms with Gasteiger partial charge in [-0.25, -0.2) is 4.39 Å². The minimum absolute atomic E-state index is 0.145. The van der Waals surface area contributed by atoms with Crippen molar-refractivity contribution in [2.24, 2.45) is 5.73 Å². The number of aryl methyl sites for hydroxylation is 1. The molecule has 13 heavy (non-hydrogen) atoms. The molecule has 0 heterocycles. The Balaban J connectivity index is 2.96. The summed E-state index contributed by atoms with van der Waals surface area (Å²) >= 11 is 3.17. The number of hydrogen-bond donors (Lipinski definition) is 1. The number of nitrogens with two attached hydrogens (primary N) is 1. The van der Waals surface area contributed by atoms with Crippen molar-refractivity contribution in [3.8, 4) is 0 Å². The normalized spacial score (nSPS) is 10.5. The average molecular weight is 246 g/mol. The van der Waals surface area contributed by atoms with Crippen LogP contribution in [0.1, 0.15) is 17.5 Å². The lowest BCUT2D eigenvalue weighted by atomic mass is 10.0. The van der Waals surface area contributed by atoms with Crippen LogP contribution in [-0.4, -0.2) is 6.54 Å². The zero-order chi connectivity index (χ0) is 9.84. The molecule has 0 aliphatic carbocycles. The third kappa shape index (κ3) is 2.51. The summed E-state index contributed by atoms with van der Waals surface area (Å²) in [5.74, 6) is -0.145. The fraction of sp³-hybridized carbons (Fsp3) is 0.400. The molecule has 0 saturated carbocycles. The predicted octanol–water partition coefficient (Wildman–Crippen LogP) is 2.79. The number of benzene rings is 1. The molecule has 0 saturated heterocycles. The van der Waals surface area contributed by atoms with Gasteiger partial charge in [-0.15, -0.1) is 0 Å². The second kappa shape index (κ2) is 4.72. The molecule has 0 spiro atoms. The Hall–Kier alpha value is -0.410. The molecule has 0 fully saturated rings. The van der Waals surface area contributed by atoms with Gasteiger partial charge >= 0.3 is 0 Å². The van der Waals surface area contributed by atoms with Gasteiger partial charge in [0.2, 0.25) is 0 Å². The van der Waals surface area contributed by atoms with Crippen LogP contribution in [0.15, 0.2) is 16.6 Å². The van der Waals surface area contributed by atoms with Crippen molar-refractivity contribution in [1.82, 2.24) is 0 Å². The number of rotatable bonds is 3. The fourth-order valence-electron chi connectivity index (χ4n) is 1.27. The van der Waals surface area contributed by atoms with E-state index in [9.17, 15) is 4.39 Å². The standard InChI is InChI=1S/C10H13BrFN/c1-7-4-5-9(11)10(12)8(7)3-2-6-13/h4-5H,2-3,6,13H2,1H3. The quantitative estimate of drug-likeness (QED) is 0.871. The molecule has 0 bridgehead atoms. The lowest BCUT2D eigenvalue weighted by Gasteiger charge is -2.07. The van der Waals surface area contributed by atoms with Crippen LogP contribution in [0.25, 0.3) is 0 Å². The van der Waals surface area contributed by atoms with Gasteiger partial charge in [-0.2, -0.15) is 0 Å². The van der Waals surface area contributed by atoms with Crippen molar-refractivity contribution in [1.29, 1.82) is 0 Å². The first-order chi connectivity index (χ1) is 6.16. The first-order valence-electron chi connectivity index (χ1n) is 4.30. The molecular formula is C10H13BrFN. The van der Waals surface area contributed by atoms with Crippen LogP contribution in [0.5, 0.6) is 0 Å². The van der Waals surface area contributed by atoms with E-state index in [0.717, 1.165) is 17.5 Å². The molecule has 3 heteroatoms. The molecule has 0 aliphatic heterocycles. The summed E-state index contributed by atoms with van der Waals surface area (Å²) in [6.07, 6.45) is 1.54. The largest absolute Gasteiger partial charge is 0.330 e. The van der Waals surface area contributed by atoms with Gasteiger partial charge in [-0.1, -0.05) is 6.07 Å². The Bertz CT molecular complexity index is 299. The van der Waals surface area contributed by atoms with Crippen LogP contribution in [0.4, 0.5) is 4.39 Å². The van der Waals surface area contributed by atoms with Crippen molar-refractivity contribution in [3.63, 3.8) is 0 Å².